The zero-order chi connectivity index (χ0) is 13.4. The number of oxime groups is 1. The third kappa shape index (κ3) is 4.73. The number of amidine groups is 1. The third-order valence-corrected chi connectivity index (χ3v) is 2.63. The van der Waals surface area contributed by atoms with Crippen molar-refractivity contribution in [3.05, 3.63) is 35.4 Å². The first-order valence-electron chi connectivity index (χ1n) is 5.94. The summed E-state index contributed by atoms with van der Waals surface area (Å²) in [4.78, 5) is 0. The highest BCUT2D eigenvalue weighted by molar-refractivity contribution is 5.96. The van der Waals surface area contributed by atoms with Crippen molar-refractivity contribution in [1.29, 1.82) is 0 Å². The fourth-order valence-corrected chi connectivity index (χ4v) is 1.66. The van der Waals surface area contributed by atoms with Gasteiger partial charge in [0.15, 0.2) is 5.84 Å². The first kappa shape index (κ1) is 14.5. The highest BCUT2D eigenvalue weighted by Gasteiger charge is 2.02. The van der Waals surface area contributed by atoms with Gasteiger partial charge in [0, 0.05) is 32.4 Å². The van der Waals surface area contributed by atoms with Crippen molar-refractivity contribution in [3.63, 3.8) is 0 Å². The van der Waals surface area contributed by atoms with Crippen LogP contribution in [-0.2, 0) is 11.3 Å². The van der Waals surface area contributed by atoms with Crippen molar-refractivity contribution in [2.24, 2.45) is 16.8 Å². The predicted molar refractivity (Wildman–Crippen MR) is 71.7 cm³/mol. The van der Waals surface area contributed by atoms with Crippen LogP contribution < -0.4 is 11.1 Å². The molecule has 0 aliphatic carbocycles. The van der Waals surface area contributed by atoms with Crippen LogP contribution in [0.15, 0.2) is 29.4 Å². The van der Waals surface area contributed by atoms with Crippen molar-refractivity contribution in [2.75, 3.05) is 20.3 Å². The van der Waals surface area contributed by atoms with Crippen molar-refractivity contribution in [2.45, 2.75) is 13.5 Å². The van der Waals surface area contributed by atoms with Crippen LogP contribution in [0.1, 0.15) is 18.1 Å². The topological polar surface area (TPSA) is 79.9 Å². The van der Waals surface area contributed by atoms with E-state index in [1.54, 1.807) is 7.11 Å². The molecule has 0 aliphatic heterocycles. The average molecular weight is 251 g/mol. The molecule has 0 amide bonds. The standard InChI is InChI=1S/C13H21N3O2/c1-10(9-18-2)7-15-8-11-3-5-12(6-4-11)13(14)16-17/h3-6,10,15,17H,7-9H2,1-2H3,(H2,14,16). The summed E-state index contributed by atoms with van der Waals surface area (Å²) >= 11 is 0. The third-order valence-electron chi connectivity index (χ3n) is 2.63. The molecule has 100 valence electrons. The van der Waals surface area contributed by atoms with Crippen molar-refractivity contribution in [3.8, 4) is 0 Å². The van der Waals surface area contributed by atoms with Gasteiger partial charge in [0.05, 0.1) is 0 Å². The summed E-state index contributed by atoms with van der Waals surface area (Å²) in [7, 11) is 1.71. The Kier molecular flexibility index (Phi) is 6.18. The molecule has 0 saturated heterocycles. The van der Waals surface area contributed by atoms with Gasteiger partial charge in [0.1, 0.15) is 0 Å². The van der Waals surface area contributed by atoms with E-state index in [9.17, 15) is 0 Å². The summed E-state index contributed by atoms with van der Waals surface area (Å²) in [5, 5.41) is 14.9. The second-order valence-electron chi connectivity index (χ2n) is 4.37. The van der Waals surface area contributed by atoms with Crippen LogP contribution in [0.2, 0.25) is 0 Å². The molecular formula is C13H21N3O2. The predicted octanol–water partition coefficient (Wildman–Crippen LogP) is 1.15. The van der Waals surface area contributed by atoms with Gasteiger partial charge in [-0.05, 0) is 11.5 Å². The Morgan fingerprint density at radius 1 is 1.44 bits per heavy atom. The quantitative estimate of drug-likeness (QED) is 0.294. The highest BCUT2D eigenvalue weighted by atomic mass is 16.5. The lowest BCUT2D eigenvalue weighted by molar-refractivity contribution is 0.158. The van der Waals surface area contributed by atoms with Gasteiger partial charge in [-0.2, -0.15) is 0 Å². The van der Waals surface area contributed by atoms with E-state index in [2.05, 4.69) is 17.4 Å². The van der Waals surface area contributed by atoms with Gasteiger partial charge in [-0.1, -0.05) is 36.3 Å². The van der Waals surface area contributed by atoms with E-state index in [-0.39, 0.29) is 5.84 Å². The molecule has 5 heteroatoms. The number of nitrogens with zero attached hydrogens (tertiary/aromatic N) is 1. The molecule has 5 nitrogen and oxygen atoms in total. The highest BCUT2D eigenvalue weighted by Crippen LogP contribution is 2.04. The maximum absolute atomic E-state index is 8.55. The summed E-state index contributed by atoms with van der Waals surface area (Å²) < 4.78 is 5.07. The molecule has 4 N–H and O–H groups in total. The lowest BCUT2D eigenvalue weighted by Crippen LogP contribution is -2.23. The molecule has 0 spiro atoms. The summed E-state index contributed by atoms with van der Waals surface area (Å²) in [6.07, 6.45) is 0. The summed E-state index contributed by atoms with van der Waals surface area (Å²) in [5.74, 6) is 0.620. The smallest absolute Gasteiger partial charge is 0.170 e. The molecule has 0 fully saturated rings. The molecule has 1 rings (SSSR count). The molecule has 18 heavy (non-hydrogen) atoms. The SMILES string of the molecule is COCC(C)CNCc1ccc(C(N)=NO)cc1. The lowest BCUT2D eigenvalue weighted by Gasteiger charge is -2.11. The van der Waals surface area contributed by atoms with Crippen LogP contribution in [0.3, 0.4) is 0 Å². The second-order valence-corrected chi connectivity index (χ2v) is 4.37. The van der Waals surface area contributed by atoms with Gasteiger partial charge >= 0.3 is 0 Å². The number of nitrogens with two attached hydrogens (primary N) is 1. The molecule has 1 aromatic rings. The minimum Gasteiger partial charge on any atom is -0.409 e. The van der Waals surface area contributed by atoms with E-state index in [0.717, 1.165) is 25.3 Å². The van der Waals surface area contributed by atoms with Crippen LogP contribution in [0.5, 0.6) is 0 Å². The van der Waals surface area contributed by atoms with Gasteiger partial charge in [-0.3, -0.25) is 0 Å². The Balaban J connectivity index is 2.40. The fraction of sp³-hybridized carbons (Fsp3) is 0.462. The first-order chi connectivity index (χ1) is 8.67. The number of hydrogen-bond acceptors (Lipinski definition) is 4. The largest absolute Gasteiger partial charge is 0.409 e. The minimum atomic E-state index is 0.128. The van der Waals surface area contributed by atoms with E-state index < -0.39 is 0 Å². The Morgan fingerprint density at radius 2 is 2.11 bits per heavy atom. The summed E-state index contributed by atoms with van der Waals surface area (Å²) in [6, 6.07) is 7.60. The normalized spacial score (nSPS) is 13.6. The molecule has 0 saturated carbocycles. The van der Waals surface area contributed by atoms with Crippen LogP contribution in [-0.4, -0.2) is 31.3 Å². The molecule has 0 bridgehead atoms. The Morgan fingerprint density at radius 3 is 2.67 bits per heavy atom. The fourth-order valence-electron chi connectivity index (χ4n) is 1.66. The van der Waals surface area contributed by atoms with Gasteiger partial charge in [-0.15, -0.1) is 0 Å². The van der Waals surface area contributed by atoms with Gasteiger partial charge in [0.25, 0.3) is 0 Å². The molecule has 1 unspecified atom stereocenters. The second kappa shape index (κ2) is 7.68. The number of ether oxygens (including phenoxy) is 1. The zero-order valence-electron chi connectivity index (χ0n) is 10.9. The lowest BCUT2D eigenvalue weighted by atomic mass is 10.1. The Hall–Kier alpha value is -1.59. The van der Waals surface area contributed by atoms with Crippen molar-refractivity contribution in [1.82, 2.24) is 5.32 Å². The molecule has 0 aromatic heterocycles. The van der Waals surface area contributed by atoms with E-state index >= 15 is 0 Å². The molecule has 0 heterocycles. The van der Waals surface area contributed by atoms with E-state index in [0.29, 0.717) is 11.5 Å². The molecule has 1 atom stereocenters. The minimum absolute atomic E-state index is 0.128. The number of nitrogens with one attached hydrogen (secondary N) is 1. The first-order valence-corrected chi connectivity index (χ1v) is 5.94. The number of rotatable bonds is 7. The number of benzene rings is 1. The number of hydrogen-bond donors (Lipinski definition) is 3. The summed E-state index contributed by atoms with van der Waals surface area (Å²) in [5.41, 5.74) is 7.37. The summed E-state index contributed by atoms with van der Waals surface area (Å²) in [6.45, 7) is 4.60. The van der Waals surface area contributed by atoms with Gasteiger partial charge in [0.2, 0.25) is 0 Å². The van der Waals surface area contributed by atoms with Crippen molar-refractivity contribution < 1.29 is 9.94 Å². The Labute approximate surface area is 108 Å². The maximum atomic E-state index is 8.55. The zero-order valence-corrected chi connectivity index (χ0v) is 10.9. The molecular weight excluding hydrogens is 230 g/mol. The Bertz CT molecular complexity index is 376. The van der Waals surface area contributed by atoms with E-state index in [1.165, 1.54) is 0 Å². The molecule has 1 aromatic carbocycles. The maximum Gasteiger partial charge on any atom is 0.170 e. The van der Waals surface area contributed by atoms with Gasteiger partial charge in [-0.25, -0.2) is 0 Å². The van der Waals surface area contributed by atoms with Crippen LogP contribution >= 0.6 is 0 Å². The monoisotopic (exact) mass is 251 g/mol. The van der Waals surface area contributed by atoms with Crippen LogP contribution in [0, 0.1) is 5.92 Å². The van der Waals surface area contributed by atoms with E-state index in [1.807, 2.05) is 24.3 Å². The van der Waals surface area contributed by atoms with E-state index in [4.69, 9.17) is 15.7 Å². The van der Waals surface area contributed by atoms with Crippen LogP contribution in [0.4, 0.5) is 0 Å². The average Bonchev–Trinajstić information content (AvgIpc) is 2.39. The van der Waals surface area contributed by atoms with Crippen LogP contribution in [0.25, 0.3) is 0 Å². The van der Waals surface area contributed by atoms with Gasteiger partial charge < -0.3 is 21.0 Å². The molecule has 0 radical (unpaired) electrons. The molecule has 0 aliphatic rings. The number of methoxy groups -OCH3 is 1. The van der Waals surface area contributed by atoms with Crippen molar-refractivity contribution >= 4 is 5.84 Å².